The van der Waals surface area contributed by atoms with Crippen molar-refractivity contribution in [1.29, 1.82) is 0 Å². The lowest BCUT2D eigenvalue weighted by Crippen LogP contribution is -2.21. The number of carboxylic acid groups (broad SMARTS) is 1. The first-order chi connectivity index (χ1) is 12.3. The highest BCUT2D eigenvalue weighted by Gasteiger charge is 2.38. The summed E-state index contributed by atoms with van der Waals surface area (Å²) in [4.78, 5) is 8.90. The van der Waals surface area contributed by atoms with Crippen LogP contribution in [0, 0.1) is 0 Å². The van der Waals surface area contributed by atoms with E-state index in [-0.39, 0.29) is 6.04 Å². The highest BCUT2D eigenvalue weighted by Crippen LogP contribution is 2.20. The highest BCUT2D eigenvalue weighted by molar-refractivity contribution is 5.73. The van der Waals surface area contributed by atoms with E-state index in [2.05, 4.69) is 26.9 Å². The molecule has 6 nitrogen and oxygen atoms in total. The smallest absolute Gasteiger partial charge is 0.475 e. The fourth-order valence-electron chi connectivity index (χ4n) is 2.74. The number of carboxylic acids is 1. The lowest BCUT2D eigenvalue weighted by atomic mass is 10.1. The highest BCUT2D eigenvalue weighted by atomic mass is 19.4. The van der Waals surface area contributed by atoms with Gasteiger partial charge in [-0.05, 0) is 24.8 Å². The normalized spacial score (nSPS) is 15.2. The van der Waals surface area contributed by atoms with Crippen molar-refractivity contribution in [3.8, 4) is 0 Å². The summed E-state index contributed by atoms with van der Waals surface area (Å²) in [6.07, 6.45) is 0.461. The van der Waals surface area contributed by atoms with Crippen LogP contribution < -0.4 is 5.73 Å². The van der Waals surface area contributed by atoms with E-state index < -0.39 is 12.1 Å². The lowest BCUT2D eigenvalue weighted by molar-refractivity contribution is -0.192. The molecule has 3 rings (SSSR count). The number of benzene rings is 1. The standard InChI is InChI=1S/C15H20N4.C2HF3O2/c16-13(11-12-7-3-1-4-8-12)15-18-17-14-9-5-2-6-10-19(14)15;3-2(4,5)1(6)7/h1,3-4,7-8,13H,2,5-6,9-11,16H2;(H,6,7). The van der Waals surface area contributed by atoms with Crippen molar-refractivity contribution >= 4 is 5.97 Å². The van der Waals surface area contributed by atoms with E-state index in [9.17, 15) is 13.2 Å². The minimum absolute atomic E-state index is 0.0678. The topological polar surface area (TPSA) is 94.0 Å². The zero-order chi connectivity index (χ0) is 19.2. The van der Waals surface area contributed by atoms with Crippen molar-refractivity contribution in [2.45, 2.75) is 50.9 Å². The molecule has 0 bridgehead atoms. The first kappa shape index (κ1) is 19.9. The molecule has 1 aromatic carbocycles. The van der Waals surface area contributed by atoms with Crippen LogP contribution in [0.3, 0.4) is 0 Å². The van der Waals surface area contributed by atoms with E-state index in [4.69, 9.17) is 15.6 Å². The monoisotopic (exact) mass is 370 g/mol. The fourth-order valence-corrected chi connectivity index (χ4v) is 2.74. The lowest BCUT2D eigenvalue weighted by Gasteiger charge is -2.13. The maximum absolute atomic E-state index is 10.6. The largest absolute Gasteiger partial charge is 0.490 e. The second kappa shape index (κ2) is 8.79. The van der Waals surface area contributed by atoms with Gasteiger partial charge in [-0.25, -0.2) is 4.79 Å². The summed E-state index contributed by atoms with van der Waals surface area (Å²) in [7, 11) is 0. The van der Waals surface area contributed by atoms with Gasteiger partial charge in [-0.1, -0.05) is 36.8 Å². The molecule has 1 unspecified atom stereocenters. The molecule has 142 valence electrons. The van der Waals surface area contributed by atoms with Gasteiger partial charge < -0.3 is 15.4 Å². The average molecular weight is 370 g/mol. The van der Waals surface area contributed by atoms with Crippen LogP contribution in [0.15, 0.2) is 30.3 Å². The van der Waals surface area contributed by atoms with Crippen LogP contribution in [0.1, 0.15) is 42.5 Å². The molecule has 0 saturated heterocycles. The summed E-state index contributed by atoms with van der Waals surface area (Å²) in [5.74, 6) is -0.704. The van der Waals surface area contributed by atoms with Crippen molar-refractivity contribution in [3.63, 3.8) is 0 Å². The van der Waals surface area contributed by atoms with Crippen LogP contribution in [0.2, 0.25) is 0 Å². The number of halogens is 3. The van der Waals surface area contributed by atoms with Gasteiger partial charge in [0.2, 0.25) is 0 Å². The van der Waals surface area contributed by atoms with E-state index in [1.807, 2.05) is 18.2 Å². The first-order valence-electron chi connectivity index (χ1n) is 8.30. The van der Waals surface area contributed by atoms with Gasteiger partial charge in [-0.15, -0.1) is 10.2 Å². The quantitative estimate of drug-likeness (QED) is 0.866. The van der Waals surface area contributed by atoms with Crippen LogP contribution in [0.4, 0.5) is 13.2 Å². The number of aromatic nitrogens is 3. The molecule has 0 spiro atoms. The van der Waals surface area contributed by atoms with Crippen molar-refractivity contribution in [2.75, 3.05) is 0 Å². The molecule has 0 aliphatic carbocycles. The molecule has 2 heterocycles. The molecule has 0 radical (unpaired) electrons. The summed E-state index contributed by atoms with van der Waals surface area (Å²) >= 11 is 0. The van der Waals surface area contributed by atoms with Gasteiger partial charge in [0, 0.05) is 13.0 Å². The molecule has 1 aliphatic rings. The Labute approximate surface area is 148 Å². The van der Waals surface area contributed by atoms with Crippen LogP contribution in [0.5, 0.6) is 0 Å². The molecule has 2 aromatic rings. The Morgan fingerprint density at radius 2 is 1.85 bits per heavy atom. The number of aryl methyl sites for hydroxylation is 1. The van der Waals surface area contributed by atoms with E-state index >= 15 is 0 Å². The summed E-state index contributed by atoms with van der Waals surface area (Å²) < 4.78 is 34.0. The number of rotatable bonds is 3. The van der Waals surface area contributed by atoms with Crippen LogP contribution in [0.25, 0.3) is 0 Å². The maximum Gasteiger partial charge on any atom is 0.490 e. The van der Waals surface area contributed by atoms with Gasteiger partial charge in [0.25, 0.3) is 0 Å². The number of alkyl halides is 3. The molecule has 0 fully saturated rings. The molecule has 1 aromatic heterocycles. The SMILES string of the molecule is NC(Cc1ccccc1)c1nnc2n1CCCCC2.O=C(O)C(F)(F)F. The summed E-state index contributed by atoms with van der Waals surface area (Å²) in [5, 5.41) is 15.8. The molecule has 3 N–H and O–H groups in total. The number of carbonyl (C=O) groups is 1. The minimum atomic E-state index is -5.08. The van der Waals surface area contributed by atoms with E-state index in [1.165, 1.54) is 24.8 Å². The Morgan fingerprint density at radius 3 is 2.46 bits per heavy atom. The number of hydrogen-bond donors (Lipinski definition) is 2. The Balaban J connectivity index is 0.000000298. The van der Waals surface area contributed by atoms with E-state index in [0.29, 0.717) is 0 Å². The molecular weight excluding hydrogens is 349 g/mol. The predicted octanol–water partition coefficient (Wildman–Crippen LogP) is 2.88. The molecule has 1 aliphatic heterocycles. The van der Waals surface area contributed by atoms with Crippen LogP contribution >= 0.6 is 0 Å². The Morgan fingerprint density at radius 1 is 1.19 bits per heavy atom. The van der Waals surface area contributed by atoms with E-state index in [1.54, 1.807) is 0 Å². The second-order valence-corrected chi connectivity index (χ2v) is 6.04. The summed E-state index contributed by atoms with van der Waals surface area (Å²) in [6.45, 7) is 1.01. The number of nitrogens with two attached hydrogens (primary N) is 1. The Hall–Kier alpha value is -2.42. The van der Waals surface area contributed by atoms with Crippen molar-refractivity contribution in [1.82, 2.24) is 14.8 Å². The zero-order valence-corrected chi connectivity index (χ0v) is 14.1. The Kier molecular flexibility index (Phi) is 6.73. The molecule has 26 heavy (non-hydrogen) atoms. The minimum Gasteiger partial charge on any atom is -0.475 e. The third-order valence-electron chi connectivity index (χ3n) is 4.01. The molecule has 0 amide bonds. The van der Waals surface area contributed by atoms with Gasteiger partial charge >= 0.3 is 12.1 Å². The zero-order valence-electron chi connectivity index (χ0n) is 14.1. The molecule has 0 saturated carbocycles. The predicted molar refractivity (Wildman–Crippen MR) is 88.3 cm³/mol. The van der Waals surface area contributed by atoms with Crippen LogP contribution in [-0.2, 0) is 24.2 Å². The van der Waals surface area contributed by atoms with Gasteiger partial charge in [-0.3, -0.25) is 0 Å². The Bertz CT molecular complexity index is 717. The van der Waals surface area contributed by atoms with Gasteiger partial charge in [0.1, 0.15) is 11.6 Å². The third kappa shape index (κ3) is 5.55. The first-order valence-corrected chi connectivity index (χ1v) is 8.30. The second-order valence-electron chi connectivity index (χ2n) is 6.04. The van der Waals surface area contributed by atoms with Gasteiger partial charge in [-0.2, -0.15) is 13.2 Å². The summed E-state index contributed by atoms with van der Waals surface area (Å²) in [6, 6.07) is 10.3. The third-order valence-corrected chi connectivity index (χ3v) is 4.01. The van der Waals surface area contributed by atoms with Gasteiger partial charge in [0.05, 0.1) is 6.04 Å². The molecule has 1 atom stereocenters. The van der Waals surface area contributed by atoms with Gasteiger partial charge in [0.15, 0.2) is 0 Å². The van der Waals surface area contributed by atoms with E-state index in [0.717, 1.165) is 31.0 Å². The summed E-state index contributed by atoms with van der Waals surface area (Å²) in [5.41, 5.74) is 7.57. The average Bonchev–Trinajstić information content (AvgIpc) is 2.84. The van der Waals surface area contributed by atoms with Crippen molar-refractivity contribution < 1.29 is 23.1 Å². The van der Waals surface area contributed by atoms with Crippen molar-refractivity contribution in [2.24, 2.45) is 5.73 Å². The molecule has 9 heteroatoms. The number of fused-ring (bicyclic) bond motifs is 1. The fraction of sp³-hybridized carbons (Fsp3) is 0.471. The molecular formula is C17H21F3N4O2. The number of hydrogen-bond acceptors (Lipinski definition) is 4. The maximum atomic E-state index is 10.6. The number of nitrogens with zero attached hydrogens (tertiary/aromatic N) is 3. The number of aliphatic carboxylic acids is 1. The van der Waals surface area contributed by atoms with Crippen molar-refractivity contribution in [3.05, 3.63) is 47.5 Å². The van der Waals surface area contributed by atoms with Crippen LogP contribution in [-0.4, -0.2) is 32.0 Å².